The highest BCUT2D eigenvalue weighted by molar-refractivity contribution is 8.01. The molecular weight excluding hydrogens is 458 g/mol. The predicted octanol–water partition coefficient (Wildman–Crippen LogP) is 3.96. The van der Waals surface area contributed by atoms with E-state index in [-0.39, 0.29) is 10.8 Å². The molecule has 1 atom stereocenters. The molecular formula is C21H22ClN3O4S2. The van der Waals surface area contributed by atoms with E-state index in [1.807, 2.05) is 0 Å². The number of carbonyl (C=O) groups excluding carboxylic acids is 2. The zero-order valence-electron chi connectivity index (χ0n) is 16.6. The number of nitrogens with zero attached hydrogens (tertiary/aromatic N) is 1. The van der Waals surface area contributed by atoms with Crippen LogP contribution in [0.4, 0.5) is 11.4 Å². The molecule has 2 heterocycles. The van der Waals surface area contributed by atoms with E-state index in [1.165, 1.54) is 23.9 Å². The molecule has 0 saturated carbocycles. The summed E-state index contributed by atoms with van der Waals surface area (Å²) in [5, 5.41) is 2.35. The number of nitrogens with one attached hydrogen (secondary N) is 2. The molecule has 0 unspecified atom stereocenters. The number of halogens is 1. The normalized spacial score (nSPS) is 19.2. The summed E-state index contributed by atoms with van der Waals surface area (Å²) in [6, 6.07) is 10.8. The van der Waals surface area contributed by atoms with Gasteiger partial charge in [0.25, 0.3) is 10.0 Å². The molecule has 1 saturated heterocycles. The molecule has 2 aliphatic heterocycles. The molecule has 31 heavy (non-hydrogen) atoms. The van der Waals surface area contributed by atoms with E-state index in [0.29, 0.717) is 34.4 Å². The molecule has 2 N–H and O–H groups in total. The number of amides is 2. The van der Waals surface area contributed by atoms with E-state index >= 15 is 0 Å². The number of hydrogen-bond acceptors (Lipinski definition) is 5. The molecule has 0 radical (unpaired) electrons. The van der Waals surface area contributed by atoms with Gasteiger partial charge in [0.1, 0.15) is 0 Å². The number of fused-ring (bicyclic) bond motifs is 1. The zero-order valence-corrected chi connectivity index (χ0v) is 19.0. The zero-order chi connectivity index (χ0) is 22.0. The van der Waals surface area contributed by atoms with Crippen molar-refractivity contribution in [2.24, 2.45) is 0 Å². The maximum absolute atomic E-state index is 12.9. The fourth-order valence-electron chi connectivity index (χ4n) is 3.61. The first-order valence-electron chi connectivity index (χ1n) is 10.0. The number of carbonyl (C=O) groups is 2. The van der Waals surface area contributed by atoms with Crippen LogP contribution >= 0.6 is 23.4 Å². The van der Waals surface area contributed by atoms with Gasteiger partial charge < -0.3 is 10.2 Å². The van der Waals surface area contributed by atoms with E-state index in [0.717, 1.165) is 25.7 Å². The third kappa shape index (κ3) is 4.99. The number of likely N-dealkylation sites (tertiary alicyclic amines) is 1. The van der Waals surface area contributed by atoms with Crippen molar-refractivity contribution in [1.29, 1.82) is 0 Å². The van der Waals surface area contributed by atoms with Crippen LogP contribution in [0.1, 0.15) is 25.7 Å². The van der Waals surface area contributed by atoms with Gasteiger partial charge >= 0.3 is 0 Å². The van der Waals surface area contributed by atoms with Crippen molar-refractivity contribution in [3.05, 3.63) is 47.5 Å². The first kappa shape index (κ1) is 22.0. The third-order valence-corrected chi connectivity index (χ3v) is 8.13. The smallest absolute Gasteiger partial charge is 0.261 e. The monoisotopic (exact) mass is 479 g/mol. The lowest BCUT2D eigenvalue weighted by Crippen LogP contribution is -2.45. The van der Waals surface area contributed by atoms with Crippen molar-refractivity contribution in [2.45, 2.75) is 40.7 Å². The van der Waals surface area contributed by atoms with Crippen LogP contribution in [0.15, 0.2) is 52.3 Å². The average Bonchev–Trinajstić information content (AvgIpc) is 3.03. The highest BCUT2D eigenvalue weighted by Crippen LogP contribution is 2.38. The van der Waals surface area contributed by atoms with E-state index < -0.39 is 21.2 Å². The van der Waals surface area contributed by atoms with Gasteiger partial charge in [0.15, 0.2) is 5.25 Å². The number of benzene rings is 2. The van der Waals surface area contributed by atoms with Gasteiger partial charge in [-0.15, -0.1) is 11.8 Å². The minimum Gasteiger partial charge on any atom is -0.341 e. The van der Waals surface area contributed by atoms with Crippen molar-refractivity contribution >= 4 is 56.6 Å². The van der Waals surface area contributed by atoms with Gasteiger partial charge in [-0.2, -0.15) is 0 Å². The maximum Gasteiger partial charge on any atom is 0.261 e. The highest BCUT2D eigenvalue weighted by Gasteiger charge is 2.36. The minimum absolute atomic E-state index is 0.0133. The largest absolute Gasteiger partial charge is 0.341 e. The Morgan fingerprint density at radius 1 is 1.06 bits per heavy atom. The van der Waals surface area contributed by atoms with Gasteiger partial charge in [-0.1, -0.05) is 24.4 Å². The lowest BCUT2D eigenvalue weighted by atomic mass is 10.2. The van der Waals surface area contributed by atoms with Crippen LogP contribution in [0, 0.1) is 0 Å². The topological polar surface area (TPSA) is 95.6 Å². The van der Waals surface area contributed by atoms with Gasteiger partial charge in [0, 0.05) is 28.7 Å². The van der Waals surface area contributed by atoms with Crippen LogP contribution < -0.4 is 10.0 Å². The Bertz CT molecular complexity index is 1100. The summed E-state index contributed by atoms with van der Waals surface area (Å²) in [4.78, 5) is 28.0. The number of rotatable bonds is 4. The van der Waals surface area contributed by atoms with Gasteiger partial charge in [0.2, 0.25) is 11.8 Å². The Balaban J connectivity index is 1.52. The lowest BCUT2D eigenvalue weighted by Gasteiger charge is -2.28. The molecule has 0 aliphatic carbocycles. The Morgan fingerprint density at radius 3 is 2.42 bits per heavy atom. The van der Waals surface area contributed by atoms with Crippen LogP contribution in [0.3, 0.4) is 0 Å². The van der Waals surface area contributed by atoms with Gasteiger partial charge in [-0.25, -0.2) is 8.42 Å². The summed E-state index contributed by atoms with van der Waals surface area (Å²) in [6.07, 6.45) is 4.09. The number of sulfonamides is 1. The number of anilines is 2. The van der Waals surface area contributed by atoms with Crippen LogP contribution in [0.5, 0.6) is 0 Å². The molecule has 2 aromatic rings. The summed E-state index contributed by atoms with van der Waals surface area (Å²) in [7, 11) is -3.86. The van der Waals surface area contributed by atoms with Gasteiger partial charge in [-0.05, 0) is 55.3 Å². The van der Waals surface area contributed by atoms with Crippen LogP contribution in [-0.2, 0) is 19.6 Å². The molecule has 2 amide bonds. The first-order chi connectivity index (χ1) is 14.8. The minimum atomic E-state index is -3.86. The van der Waals surface area contributed by atoms with Gasteiger partial charge in [0.05, 0.1) is 10.6 Å². The number of thioether (sulfide) groups is 1. The summed E-state index contributed by atoms with van der Waals surface area (Å²) in [5.41, 5.74) is 0.762. The molecule has 0 spiro atoms. The molecule has 0 bridgehead atoms. The predicted molar refractivity (Wildman–Crippen MR) is 122 cm³/mol. The van der Waals surface area contributed by atoms with Crippen molar-refractivity contribution in [3.63, 3.8) is 0 Å². The highest BCUT2D eigenvalue weighted by atomic mass is 35.5. The number of hydrogen-bond donors (Lipinski definition) is 2. The second-order valence-electron chi connectivity index (χ2n) is 7.50. The third-order valence-electron chi connectivity index (χ3n) is 5.24. The van der Waals surface area contributed by atoms with E-state index in [1.54, 1.807) is 35.2 Å². The molecule has 1 fully saturated rings. The van der Waals surface area contributed by atoms with E-state index in [9.17, 15) is 18.0 Å². The summed E-state index contributed by atoms with van der Waals surface area (Å²) < 4.78 is 28.0. The Labute approximate surface area is 190 Å². The molecule has 2 aliphatic rings. The van der Waals surface area contributed by atoms with E-state index in [4.69, 9.17) is 11.6 Å². The average molecular weight is 480 g/mol. The van der Waals surface area contributed by atoms with E-state index in [2.05, 4.69) is 10.0 Å². The first-order valence-corrected chi connectivity index (χ1v) is 12.8. The summed E-state index contributed by atoms with van der Waals surface area (Å²) >= 11 is 7.00. The van der Waals surface area contributed by atoms with Crippen molar-refractivity contribution < 1.29 is 18.0 Å². The second kappa shape index (κ2) is 9.10. The second-order valence-corrected chi connectivity index (χ2v) is 10.8. The van der Waals surface area contributed by atoms with Crippen molar-refractivity contribution in [1.82, 2.24) is 4.90 Å². The maximum atomic E-state index is 12.9. The standard InChI is InChI=1S/C21H22ClN3O4S2/c22-14-5-7-15(8-6-14)24-31(28,29)16-9-10-18-17(13-16)23-20(26)19(30-18)21(27)25-11-3-1-2-4-12-25/h5-10,13,19,24H,1-4,11-12H2,(H,23,26)/t19-/m1/s1. The Hall–Kier alpha value is -2.23. The molecule has 2 aromatic carbocycles. The fraction of sp³-hybridized carbons (Fsp3) is 0.333. The van der Waals surface area contributed by atoms with Crippen LogP contribution in [0.2, 0.25) is 5.02 Å². The summed E-state index contributed by atoms with van der Waals surface area (Å²) in [6.45, 7) is 1.34. The Kier molecular flexibility index (Phi) is 6.45. The fourth-order valence-corrected chi connectivity index (χ4v) is 5.87. The van der Waals surface area contributed by atoms with Crippen LogP contribution in [0.25, 0.3) is 0 Å². The van der Waals surface area contributed by atoms with Crippen molar-refractivity contribution in [2.75, 3.05) is 23.1 Å². The molecule has 7 nitrogen and oxygen atoms in total. The lowest BCUT2D eigenvalue weighted by molar-refractivity contribution is -0.133. The molecule has 4 rings (SSSR count). The molecule has 0 aromatic heterocycles. The summed E-state index contributed by atoms with van der Waals surface area (Å²) in [5.74, 6) is -0.608. The SMILES string of the molecule is O=C1Nc2cc(S(=O)(=O)Nc3ccc(Cl)cc3)ccc2S[C@H]1C(=O)N1CCCCCC1. The Morgan fingerprint density at radius 2 is 1.74 bits per heavy atom. The molecule has 10 heteroatoms. The molecule has 164 valence electrons. The quantitative estimate of drug-likeness (QED) is 0.647. The van der Waals surface area contributed by atoms with Crippen molar-refractivity contribution in [3.8, 4) is 0 Å². The van der Waals surface area contributed by atoms with Crippen LogP contribution in [-0.4, -0.2) is 43.5 Å². The van der Waals surface area contributed by atoms with Gasteiger partial charge in [-0.3, -0.25) is 14.3 Å².